The van der Waals surface area contributed by atoms with Crippen LogP contribution in [-0.4, -0.2) is 26.7 Å². The lowest BCUT2D eigenvalue weighted by molar-refractivity contribution is -0.0299. The molecule has 0 saturated carbocycles. The number of alkyl halides is 2. The molecule has 0 aliphatic heterocycles. The minimum atomic E-state index is -2.50. The van der Waals surface area contributed by atoms with Crippen molar-refractivity contribution in [2.24, 2.45) is 0 Å². The van der Waals surface area contributed by atoms with Gasteiger partial charge in [-0.3, -0.25) is 0 Å². The van der Waals surface area contributed by atoms with Crippen LogP contribution in [0.4, 0.5) is 8.78 Å². The number of rotatable bonds is 18. The molecule has 4 heteroatoms. The maximum absolute atomic E-state index is 13.7. The molecule has 0 N–H and O–H groups in total. The third-order valence-corrected chi connectivity index (χ3v) is 6.71. The molecule has 158 valence electrons. The smallest absolute Gasteiger partial charge is 0.248 e. The van der Waals surface area contributed by atoms with Crippen LogP contribution in [0.5, 0.6) is 0 Å². The molecule has 0 aliphatic rings. The zero-order valence-electron chi connectivity index (χ0n) is 18.3. The molecule has 0 saturated heterocycles. The van der Waals surface area contributed by atoms with Crippen LogP contribution in [0, 0.1) is 0 Å². The van der Waals surface area contributed by atoms with Crippen LogP contribution in [-0.2, 0) is 4.74 Å². The first-order chi connectivity index (χ1) is 12.1. The Morgan fingerprint density at radius 3 is 1.58 bits per heavy atom. The molecule has 0 atom stereocenters. The molecule has 0 aromatic heterocycles. The molecular weight excluding hydrogens is 346 g/mol. The highest BCUT2D eigenvalue weighted by molar-refractivity contribution is 6.76. The van der Waals surface area contributed by atoms with Gasteiger partial charge in [0, 0.05) is 27.5 Å². The minimum absolute atomic E-state index is 0.0303. The van der Waals surface area contributed by atoms with E-state index < -0.39 is 14.0 Å². The average molecular weight is 393 g/mol. The molecule has 0 aliphatic carbocycles. The first-order valence-corrected chi connectivity index (χ1v) is 14.8. The van der Waals surface area contributed by atoms with E-state index in [2.05, 4.69) is 19.6 Å². The highest BCUT2D eigenvalue weighted by atomic mass is 28.3. The van der Waals surface area contributed by atoms with Crippen molar-refractivity contribution >= 4 is 8.07 Å². The summed E-state index contributed by atoms with van der Waals surface area (Å²) < 4.78 is 32.8. The minimum Gasteiger partial charge on any atom is -0.379 e. The van der Waals surface area contributed by atoms with Gasteiger partial charge in [-0.25, -0.2) is 8.78 Å². The summed E-state index contributed by atoms with van der Waals surface area (Å²) >= 11 is 0. The molecule has 1 nitrogen and oxygen atoms in total. The van der Waals surface area contributed by atoms with Gasteiger partial charge in [-0.05, 0) is 26.7 Å². The molecule has 0 amide bonds. The van der Waals surface area contributed by atoms with Gasteiger partial charge in [-0.15, -0.1) is 0 Å². The van der Waals surface area contributed by atoms with E-state index in [-0.39, 0.29) is 18.9 Å². The quantitative estimate of drug-likeness (QED) is 0.168. The fraction of sp³-hybridized carbons (Fsp3) is 1.00. The van der Waals surface area contributed by atoms with Gasteiger partial charge in [0.2, 0.25) is 5.92 Å². The van der Waals surface area contributed by atoms with Gasteiger partial charge in [0.25, 0.3) is 0 Å². The number of hydrogen-bond acceptors (Lipinski definition) is 1. The van der Waals surface area contributed by atoms with Crippen molar-refractivity contribution in [1.29, 1.82) is 0 Å². The van der Waals surface area contributed by atoms with E-state index in [1.165, 1.54) is 51.0 Å². The molecular formula is C22H46F2OSi. The van der Waals surface area contributed by atoms with Crippen LogP contribution in [0.2, 0.25) is 25.7 Å². The van der Waals surface area contributed by atoms with Crippen LogP contribution >= 0.6 is 0 Å². The fourth-order valence-electron chi connectivity index (χ4n) is 3.23. The van der Waals surface area contributed by atoms with E-state index in [4.69, 9.17) is 4.74 Å². The zero-order chi connectivity index (χ0) is 19.9. The van der Waals surface area contributed by atoms with Crippen LogP contribution in [0.15, 0.2) is 0 Å². The summed E-state index contributed by atoms with van der Waals surface area (Å²) in [6.07, 6.45) is 12.7. The Kier molecular flexibility index (Phi) is 15.0. The van der Waals surface area contributed by atoms with E-state index in [0.29, 0.717) is 19.4 Å². The summed E-state index contributed by atoms with van der Waals surface area (Å²) in [5, 5.41) is 0. The molecule has 26 heavy (non-hydrogen) atoms. The Hall–Kier alpha value is 0.0369. The summed E-state index contributed by atoms with van der Waals surface area (Å²) in [6, 6.07) is 1.46. The molecule has 0 spiro atoms. The fourth-order valence-corrected chi connectivity index (χ4v) is 4.54. The van der Waals surface area contributed by atoms with E-state index in [0.717, 1.165) is 12.8 Å². The molecule has 0 bridgehead atoms. The number of hydrogen-bond donors (Lipinski definition) is 0. The second kappa shape index (κ2) is 15.0. The van der Waals surface area contributed by atoms with Gasteiger partial charge >= 0.3 is 0 Å². The summed E-state index contributed by atoms with van der Waals surface area (Å²) in [5.74, 6) is -2.50. The first kappa shape index (κ1) is 26.0. The maximum atomic E-state index is 13.7. The van der Waals surface area contributed by atoms with Crippen LogP contribution in [0.25, 0.3) is 0 Å². The second-order valence-corrected chi connectivity index (χ2v) is 15.1. The Labute approximate surface area is 163 Å². The molecule has 0 radical (unpaired) electrons. The Morgan fingerprint density at radius 1 is 0.692 bits per heavy atom. The molecule has 0 aromatic carbocycles. The molecule has 0 aromatic rings. The average Bonchev–Trinajstić information content (AvgIpc) is 2.51. The normalized spacial score (nSPS) is 12.9. The monoisotopic (exact) mass is 392 g/mol. The highest BCUT2D eigenvalue weighted by Crippen LogP contribution is 2.27. The van der Waals surface area contributed by atoms with Gasteiger partial charge in [0.05, 0.1) is 6.10 Å². The molecule has 0 unspecified atom stereocenters. The van der Waals surface area contributed by atoms with Crippen molar-refractivity contribution in [2.45, 2.75) is 135 Å². The second-order valence-electron chi connectivity index (χ2n) is 9.48. The third kappa shape index (κ3) is 20.4. The van der Waals surface area contributed by atoms with Crippen LogP contribution < -0.4 is 0 Å². The molecule has 0 heterocycles. The predicted molar refractivity (Wildman–Crippen MR) is 114 cm³/mol. The predicted octanol–water partition coefficient (Wildman–Crippen LogP) is 8.46. The Balaban J connectivity index is 3.34. The third-order valence-electron chi connectivity index (χ3n) is 4.86. The largest absolute Gasteiger partial charge is 0.379 e. The summed E-state index contributed by atoms with van der Waals surface area (Å²) in [7, 11) is -0.839. The van der Waals surface area contributed by atoms with E-state index in [1.807, 2.05) is 13.8 Å². The van der Waals surface area contributed by atoms with Crippen LogP contribution in [0.1, 0.15) is 97.3 Å². The molecule has 0 fully saturated rings. The highest BCUT2D eigenvalue weighted by Gasteiger charge is 2.27. The van der Waals surface area contributed by atoms with Gasteiger partial charge in [-0.2, -0.15) is 0 Å². The van der Waals surface area contributed by atoms with Crippen LogP contribution in [0.3, 0.4) is 0 Å². The number of unbranched alkanes of at least 4 members (excludes halogenated alkanes) is 9. The molecule has 0 rings (SSSR count). The van der Waals surface area contributed by atoms with Crippen molar-refractivity contribution in [3.63, 3.8) is 0 Å². The standard InChI is InChI=1S/C22H46F2OSi/c1-21(2)25-19-16-18-22(23,24)17-14-12-10-8-6-7-9-11-13-15-20-26(3,4)5/h21H,6-20H2,1-5H3. The summed E-state index contributed by atoms with van der Waals surface area (Å²) in [4.78, 5) is 0. The lowest BCUT2D eigenvalue weighted by Crippen LogP contribution is -2.18. The number of ether oxygens (including phenoxy) is 1. The first-order valence-electron chi connectivity index (χ1n) is 11.1. The maximum Gasteiger partial charge on any atom is 0.248 e. The van der Waals surface area contributed by atoms with Gasteiger partial charge in [0.1, 0.15) is 0 Å². The number of halogens is 2. The van der Waals surface area contributed by atoms with Crippen molar-refractivity contribution < 1.29 is 13.5 Å². The SMILES string of the molecule is CC(C)OCCCC(F)(F)CCCCCCCCCCCC[Si](C)(C)C. The summed E-state index contributed by atoms with van der Waals surface area (Å²) in [5.41, 5.74) is 0. The van der Waals surface area contributed by atoms with Crippen molar-refractivity contribution in [3.05, 3.63) is 0 Å². The Morgan fingerprint density at radius 2 is 1.12 bits per heavy atom. The summed E-state index contributed by atoms with van der Waals surface area (Å²) in [6.45, 7) is 11.7. The van der Waals surface area contributed by atoms with Crippen molar-refractivity contribution in [1.82, 2.24) is 0 Å². The zero-order valence-corrected chi connectivity index (χ0v) is 19.3. The Bertz CT molecular complexity index is 314. The van der Waals surface area contributed by atoms with Gasteiger partial charge in [0.15, 0.2) is 0 Å². The van der Waals surface area contributed by atoms with E-state index in [9.17, 15) is 8.78 Å². The van der Waals surface area contributed by atoms with E-state index >= 15 is 0 Å². The van der Waals surface area contributed by atoms with Crippen molar-refractivity contribution in [3.8, 4) is 0 Å². The lowest BCUT2D eigenvalue weighted by atomic mass is 10.0. The van der Waals surface area contributed by atoms with Crippen molar-refractivity contribution in [2.75, 3.05) is 6.61 Å². The van der Waals surface area contributed by atoms with E-state index in [1.54, 1.807) is 0 Å². The lowest BCUT2D eigenvalue weighted by Gasteiger charge is -2.16. The topological polar surface area (TPSA) is 9.23 Å². The van der Waals surface area contributed by atoms with Gasteiger partial charge in [-0.1, -0.05) is 83.5 Å². The van der Waals surface area contributed by atoms with Gasteiger partial charge < -0.3 is 4.74 Å².